The van der Waals surface area contributed by atoms with Crippen LogP contribution in [0.1, 0.15) is 0 Å². The van der Waals surface area contributed by atoms with E-state index in [1.807, 2.05) is 12.2 Å². The highest BCUT2D eigenvalue weighted by Crippen LogP contribution is 2.23. The van der Waals surface area contributed by atoms with Crippen LogP contribution in [-0.4, -0.2) is 17.3 Å². The van der Waals surface area contributed by atoms with Gasteiger partial charge >= 0.3 is 0 Å². The van der Waals surface area contributed by atoms with E-state index < -0.39 is 0 Å². The van der Waals surface area contributed by atoms with Gasteiger partial charge in [0.1, 0.15) is 0 Å². The lowest BCUT2D eigenvalue weighted by Gasteiger charge is -1.80. The van der Waals surface area contributed by atoms with E-state index >= 15 is 0 Å². The van der Waals surface area contributed by atoms with Crippen molar-refractivity contribution in [3.63, 3.8) is 0 Å². The molecular formula is C9H18S6. The molecule has 0 saturated carbocycles. The summed E-state index contributed by atoms with van der Waals surface area (Å²) in [7, 11) is 4.61. The van der Waals surface area contributed by atoms with Gasteiger partial charge in [0.25, 0.3) is 0 Å². The van der Waals surface area contributed by atoms with Gasteiger partial charge < -0.3 is 0 Å². The third kappa shape index (κ3) is 50.7. The van der Waals surface area contributed by atoms with Crippen molar-refractivity contribution in [1.82, 2.24) is 0 Å². The maximum Gasteiger partial charge on any atom is 0.0223 e. The van der Waals surface area contributed by atoms with Crippen molar-refractivity contribution in [2.75, 3.05) is 17.3 Å². The number of hydrogen-bond acceptors (Lipinski definition) is 6. The molecule has 0 unspecified atom stereocenters. The highest BCUT2D eigenvalue weighted by atomic mass is 33.5. The van der Waals surface area contributed by atoms with Gasteiger partial charge in [0, 0.05) is 17.3 Å². The second-order valence-electron chi connectivity index (χ2n) is 1.70. The summed E-state index contributed by atoms with van der Waals surface area (Å²) in [4.78, 5) is 0. The SMILES string of the molecule is C=CCS.C=CCSS.C=CCSSS. The Labute approximate surface area is 122 Å². The van der Waals surface area contributed by atoms with E-state index in [-0.39, 0.29) is 0 Å². The zero-order valence-electron chi connectivity index (χ0n) is 8.54. The Morgan fingerprint density at radius 1 is 0.933 bits per heavy atom. The summed E-state index contributed by atoms with van der Waals surface area (Å²) in [6, 6.07) is 0. The maximum absolute atomic E-state index is 3.89. The fourth-order valence-corrected chi connectivity index (χ4v) is 1.73. The Balaban J connectivity index is -0.000000147. The highest BCUT2D eigenvalue weighted by Gasteiger charge is 1.72. The summed E-state index contributed by atoms with van der Waals surface area (Å²) in [5.41, 5.74) is 0. The monoisotopic (exact) mass is 318 g/mol. The lowest BCUT2D eigenvalue weighted by molar-refractivity contribution is 1.84. The first-order valence-electron chi connectivity index (χ1n) is 3.87. The van der Waals surface area contributed by atoms with Crippen molar-refractivity contribution in [1.29, 1.82) is 0 Å². The fourth-order valence-electron chi connectivity index (χ4n) is 0.131. The predicted molar refractivity (Wildman–Crippen MR) is 94.9 cm³/mol. The summed E-state index contributed by atoms with van der Waals surface area (Å²) in [6.45, 7) is 10.4. The van der Waals surface area contributed by atoms with E-state index in [9.17, 15) is 0 Å². The van der Waals surface area contributed by atoms with E-state index in [0.717, 1.165) is 17.3 Å². The van der Waals surface area contributed by atoms with Crippen molar-refractivity contribution in [2.24, 2.45) is 0 Å². The molecule has 0 rings (SSSR count). The summed E-state index contributed by atoms with van der Waals surface area (Å²) in [6.07, 6.45) is 5.41. The van der Waals surface area contributed by atoms with Gasteiger partial charge in [-0.25, -0.2) is 0 Å². The molecule has 0 aliphatic rings. The maximum atomic E-state index is 3.89. The highest BCUT2D eigenvalue weighted by molar-refractivity contribution is 9.05. The lowest BCUT2D eigenvalue weighted by atomic mass is 10.8. The van der Waals surface area contributed by atoms with Crippen molar-refractivity contribution >= 4 is 67.4 Å². The molecule has 0 aliphatic heterocycles. The van der Waals surface area contributed by atoms with Crippen LogP contribution in [0.4, 0.5) is 0 Å². The second-order valence-corrected chi connectivity index (χ2v) is 6.65. The van der Waals surface area contributed by atoms with Crippen LogP contribution in [0.2, 0.25) is 0 Å². The van der Waals surface area contributed by atoms with Gasteiger partial charge in [0.15, 0.2) is 0 Å². The Hall–Kier alpha value is 1.32. The van der Waals surface area contributed by atoms with Crippen LogP contribution in [0.5, 0.6) is 0 Å². The number of thiol groups is 3. The standard InChI is InChI=1S/C3H6S3.C3H6S2.C3H6S/c1-2-3-5-6-4;1-2-3-5-4;1-2-3-4/h2,4H,1,3H2;2,4H,1,3H2;2,4H,1,3H2. The average molecular weight is 319 g/mol. The first-order valence-corrected chi connectivity index (χ1v) is 9.92. The molecule has 0 aromatic rings. The van der Waals surface area contributed by atoms with Gasteiger partial charge in [-0.05, 0) is 9.83 Å². The van der Waals surface area contributed by atoms with Crippen molar-refractivity contribution in [2.45, 2.75) is 0 Å². The zero-order chi connectivity index (χ0) is 12.4. The van der Waals surface area contributed by atoms with Crippen LogP contribution in [0.15, 0.2) is 38.0 Å². The molecular weight excluding hydrogens is 301 g/mol. The van der Waals surface area contributed by atoms with Crippen LogP contribution < -0.4 is 0 Å². The molecule has 0 spiro atoms. The minimum Gasteiger partial charge on any atom is -0.175 e. The van der Waals surface area contributed by atoms with E-state index in [4.69, 9.17) is 0 Å². The molecule has 0 bridgehead atoms. The third-order valence-electron chi connectivity index (χ3n) is 0.560. The van der Waals surface area contributed by atoms with Crippen LogP contribution in [0.3, 0.4) is 0 Å². The minimum atomic E-state index is 0.778. The molecule has 0 aromatic carbocycles. The van der Waals surface area contributed by atoms with Gasteiger partial charge in [0.2, 0.25) is 0 Å². The van der Waals surface area contributed by atoms with Crippen molar-refractivity contribution in [3.8, 4) is 0 Å². The Morgan fingerprint density at radius 2 is 1.40 bits per heavy atom. The summed E-state index contributed by atoms with van der Waals surface area (Å²) in [5.74, 6) is 2.69. The number of hydrogen-bond donors (Lipinski definition) is 3. The van der Waals surface area contributed by atoms with E-state index in [1.165, 1.54) is 20.6 Å². The molecule has 0 aromatic heterocycles. The van der Waals surface area contributed by atoms with Crippen LogP contribution in [0.25, 0.3) is 0 Å². The van der Waals surface area contributed by atoms with Gasteiger partial charge in [0.05, 0.1) is 0 Å². The second kappa shape index (κ2) is 29.5. The van der Waals surface area contributed by atoms with E-state index in [2.05, 4.69) is 55.7 Å². The third-order valence-corrected chi connectivity index (χ3v) is 3.80. The number of rotatable bonds is 6. The zero-order valence-corrected chi connectivity index (χ0v) is 13.7. The predicted octanol–water partition coefficient (Wildman–Crippen LogP) is 5.25. The Morgan fingerprint density at radius 3 is 1.47 bits per heavy atom. The Kier molecular flexibility index (Phi) is 42.5. The molecule has 90 valence electrons. The van der Waals surface area contributed by atoms with Crippen LogP contribution >= 0.6 is 67.4 Å². The quantitative estimate of drug-likeness (QED) is 0.265. The smallest absolute Gasteiger partial charge is 0.0223 e. The summed E-state index contributed by atoms with van der Waals surface area (Å²) < 4.78 is 0. The summed E-state index contributed by atoms with van der Waals surface area (Å²) in [5, 5.41) is 0. The molecule has 0 nitrogen and oxygen atoms in total. The van der Waals surface area contributed by atoms with Crippen molar-refractivity contribution < 1.29 is 0 Å². The largest absolute Gasteiger partial charge is 0.175 e. The molecule has 15 heavy (non-hydrogen) atoms. The average Bonchev–Trinajstić information content (AvgIpc) is 2.28. The van der Waals surface area contributed by atoms with Crippen molar-refractivity contribution in [3.05, 3.63) is 38.0 Å². The molecule has 0 atom stereocenters. The normalized spacial score (nSPS) is 7.40. The molecule has 0 aliphatic carbocycles. The molecule has 6 heteroatoms. The lowest BCUT2D eigenvalue weighted by Crippen LogP contribution is -1.54. The van der Waals surface area contributed by atoms with Gasteiger partial charge in [-0.3, -0.25) is 0 Å². The fraction of sp³-hybridized carbons (Fsp3) is 0.333. The topological polar surface area (TPSA) is 0 Å². The molecule has 0 radical (unpaired) electrons. The first-order chi connectivity index (χ1) is 7.24. The van der Waals surface area contributed by atoms with E-state index in [0.29, 0.717) is 0 Å². The Bertz CT molecular complexity index is 126. The minimum absolute atomic E-state index is 0.778. The molecule has 0 amide bonds. The van der Waals surface area contributed by atoms with Crippen LogP contribution in [-0.2, 0) is 0 Å². The molecule has 0 heterocycles. The van der Waals surface area contributed by atoms with Gasteiger partial charge in [-0.2, -0.15) is 12.6 Å². The summed E-state index contributed by atoms with van der Waals surface area (Å²) >= 11 is 11.5. The molecule has 0 saturated heterocycles. The molecule has 0 N–H and O–H groups in total. The van der Waals surface area contributed by atoms with Gasteiger partial charge in [-0.15, -0.1) is 31.4 Å². The first kappa shape index (κ1) is 21.6. The van der Waals surface area contributed by atoms with Gasteiger partial charge in [-0.1, -0.05) is 51.5 Å². The van der Waals surface area contributed by atoms with Crippen LogP contribution in [0, 0.1) is 0 Å². The molecule has 0 fully saturated rings. The van der Waals surface area contributed by atoms with E-state index in [1.54, 1.807) is 16.9 Å².